The van der Waals surface area contributed by atoms with Crippen LogP contribution in [-0.2, 0) is 14.3 Å². The maximum absolute atomic E-state index is 13.4. The van der Waals surface area contributed by atoms with Crippen molar-refractivity contribution in [2.45, 2.75) is 0 Å². The Hall–Kier alpha value is -3.36. The largest absolute Gasteiger partial charge is 0.497 e. The molecule has 0 aromatic heterocycles. The molecule has 4 rings (SSSR count). The first-order valence-corrected chi connectivity index (χ1v) is 10.6. The van der Waals surface area contributed by atoms with Crippen LogP contribution in [0.15, 0.2) is 54.2 Å². The molecule has 8 heteroatoms. The third-order valence-electron chi connectivity index (χ3n) is 5.65. The zero-order valence-electron chi connectivity index (χ0n) is 18.3. The van der Waals surface area contributed by atoms with Gasteiger partial charge in [0.05, 0.1) is 33.0 Å². The van der Waals surface area contributed by atoms with Gasteiger partial charge in [-0.1, -0.05) is 12.1 Å². The lowest BCUT2D eigenvalue weighted by Crippen LogP contribution is -2.43. The van der Waals surface area contributed by atoms with E-state index in [1.165, 1.54) is 4.90 Å². The van der Waals surface area contributed by atoms with Gasteiger partial charge in [0.15, 0.2) is 0 Å². The average molecular weight is 437 g/mol. The fourth-order valence-corrected chi connectivity index (χ4v) is 3.81. The van der Waals surface area contributed by atoms with Gasteiger partial charge in [-0.25, -0.2) is 0 Å². The predicted molar refractivity (Wildman–Crippen MR) is 121 cm³/mol. The van der Waals surface area contributed by atoms with Crippen LogP contribution in [0.3, 0.4) is 0 Å². The molecule has 0 unspecified atom stereocenters. The third kappa shape index (κ3) is 4.61. The summed E-state index contributed by atoms with van der Waals surface area (Å²) in [7, 11) is 3.18. The molecule has 168 valence electrons. The quantitative estimate of drug-likeness (QED) is 0.635. The Morgan fingerprint density at radius 3 is 2.03 bits per heavy atom. The lowest BCUT2D eigenvalue weighted by atomic mass is 10.0. The van der Waals surface area contributed by atoms with Gasteiger partial charge in [0.2, 0.25) is 0 Å². The van der Waals surface area contributed by atoms with Gasteiger partial charge in [-0.3, -0.25) is 19.4 Å². The van der Waals surface area contributed by atoms with Crippen LogP contribution in [0.25, 0.3) is 5.57 Å². The number of anilines is 1. The van der Waals surface area contributed by atoms with Crippen molar-refractivity contribution in [3.05, 3.63) is 59.8 Å². The van der Waals surface area contributed by atoms with Crippen molar-refractivity contribution in [2.24, 2.45) is 0 Å². The van der Waals surface area contributed by atoms with E-state index in [2.05, 4.69) is 10.2 Å². The van der Waals surface area contributed by atoms with Crippen LogP contribution in [0, 0.1) is 0 Å². The molecule has 2 aliphatic rings. The lowest BCUT2D eigenvalue weighted by molar-refractivity contribution is -0.137. The van der Waals surface area contributed by atoms with Gasteiger partial charge in [0.1, 0.15) is 17.2 Å². The zero-order chi connectivity index (χ0) is 22.5. The third-order valence-corrected chi connectivity index (χ3v) is 5.65. The van der Waals surface area contributed by atoms with Gasteiger partial charge in [-0.2, -0.15) is 0 Å². The number of hydrogen-bond donors (Lipinski definition) is 1. The fourth-order valence-electron chi connectivity index (χ4n) is 3.81. The molecule has 2 aliphatic heterocycles. The van der Waals surface area contributed by atoms with Crippen LogP contribution in [0.1, 0.15) is 5.56 Å². The molecule has 2 aromatic carbocycles. The molecule has 1 saturated heterocycles. The van der Waals surface area contributed by atoms with E-state index in [4.69, 9.17) is 14.2 Å². The Bertz CT molecular complexity index is 995. The maximum Gasteiger partial charge on any atom is 0.278 e. The molecular weight excluding hydrogens is 410 g/mol. The molecule has 1 fully saturated rings. The number of nitrogens with one attached hydrogen (secondary N) is 1. The summed E-state index contributed by atoms with van der Waals surface area (Å²) in [6, 6.07) is 14.4. The van der Waals surface area contributed by atoms with Crippen molar-refractivity contribution in [3.63, 3.8) is 0 Å². The Balaban J connectivity index is 1.61. The monoisotopic (exact) mass is 437 g/mol. The number of carbonyl (C=O) groups is 2. The van der Waals surface area contributed by atoms with Crippen molar-refractivity contribution < 1.29 is 23.8 Å². The molecule has 0 radical (unpaired) electrons. The summed E-state index contributed by atoms with van der Waals surface area (Å²) < 4.78 is 15.8. The second kappa shape index (κ2) is 9.84. The van der Waals surface area contributed by atoms with E-state index in [0.717, 1.165) is 13.1 Å². The Morgan fingerprint density at radius 2 is 1.44 bits per heavy atom. The molecular formula is C24H27N3O5. The fraction of sp³-hybridized carbons (Fsp3) is 0.333. The van der Waals surface area contributed by atoms with E-state index < -0.39 is 0 Å². The molecule has 0 bridgehead atoms. The SMILES string of the molecule is COc1ccc(NC2=C(c3ccc(OC)cc3)C(=O)N(CCN3CCOCC3)C2=O)cc1. The van der Waals surface area contributed by atoms with E-state index >= 15 is 0 Å². The highest BCUT2D eigenvalue weighted by Gasteiger charge is 2.39. The van der Waals surface area contributed by atoms with Gasteiger partial charge in [-0.05, 0) is 42.0 Å². The summed E-state index contributed by atoms with van der Waals surface area (Å²) in [6.45, 7) is 3.87. The van der Waals surface area contributed by atoms with Crippen molar-refractivity contribution in [1.29, 1.82) is 0 Å². The standard InChI is InChI=1S/C24H27N3O5/c1-30-19-7-3-17(4-8-19)21-22(25-18-5-9-20(31-2)10-6-18)24(29)27(23(21)28)12-11-26-13-15-32-16-14-26/h3-10,25H,11-16H2,1-2H3. The number of rotatable bonds is 8. The highest BCUT2D eigenvalue weighted by Crippen LogP contribution is 2.31. The van der Waals surface area contributed by atoms with Gasteiger partial charge in [0.25, 0.3) is 11.8 Å². The molecule has 0 saturated carbocycles. The number of nitrogens with zero attached hydrogens (tertiary/aromatic N) is 2. The Morgan fingerprint density at radius 1 is 0.844 bits per heavy atom. The van der Waals surface area contributed by atoms with Crippen LogP contribution in [-0.4, -0.2) is 75.2 Å². The molecule has 2 aromatic rings. The molecule has 0 aliphatic carbocycles. The van der Waals surface area contributed by atoms with E-state index in [0.29, 0.717) is 54.6 Å². The minimum atomic E-state index is -0.329. The van der Waals surface area contributed by atoms with Crippen molar-refractivity contribution in [3.8, 4) is 11.5 Å². The molecule has 2 amide bonds. The molecule has 32 heavy (non-hydrogen) atoms. The smallest absolute Gasteiger partial charge is 0.278 e. The maximum atomic E-state index is 13.4. The number of carbonyl (C=O) groups excluding carboxylic acids is 2. The van der Waals surface area contributed by atoms with Crippen molar-refractivity contribution in [1.82, 2.24) is 9.80 Å². The molecule has 0 spiro atoms. The summed E-state index contributed by atoms with van der Waals surface area (Å²) in [6.07, 6.45) is 0. The number of benzene rings is 2. The summed E-state index contributed by atoms with van der Waals surface area (Å²) in [4.78, 5) is 30.2. The van der Waals surface area contributed by atoms with Gasteiger partial charge >= 0.3 is 0 Å². The number of ether oxygens (including phenoxy) is 3. The topological polar surface area (TPSA) is 80.3 Å². The first kappa shape index (κ1) is 21.9. The summed E-state index contributed by atoms with van der Waals surface area (Å²) in [5.41, 5.74) is 1.99. The van der Waals surface area contributed by atoms with Crippen molar-refractivity contribution >= 4 is 23.1 Å². The first-order chi connectivity index (χ1) is 15.6. The van der Waals surface area contributed by atoms with E-state index in [1.807, 2.05) is 12.1 Å². The number of hydrogen-bond acceptors (Lipinski definition) is 7. The van der Waals surface area contributed by atoms with Gasteiger partial charge in [-0.15, -0.1) is 0 Å². The molecule has 2 heterocycles. The lowest BCUT2D eigenvalue weighted by Gasteiger charge is -2.28. The second-order valence-corrected chi connectivity index (χ2v) is 7.55. The summed E-state index contributed by atoms with van der Waals surface area (Å²) in [5.74, 6) is 0.759. The minimum Gasteiger partial charge on any atom is -0.497 e. The number of methoxy groups -OCH3 is 2. The van der Waals surface area contributed by atoms with Gasteiger partial charge < -0.3 is 19.5 Å². The zero-order valence-corrected chi connectivity index (χ0v) is 18.3. The molecule has 8 nitrogen and oxygen atoms in total. The van der Waals surface area contributed by atoms with E-state index in [-0.39, 0.29) is 17.5 Å². The van der Waals surface area contributed by atoms with E-state index in [9.17, 15) is 9.59 Å². The summed E-state index contributed by atoms with van der Waals surface area (Å²) >= 11 is 0. The molecule has 0 atom stereocenters. The van der Waals surface area contributed by atoms with Crippen LogP contribution < -0.4 is 14.8 Å². The number of morpholine rings is 1. The average Bonchev–Trinajstić information content (AvgIpc) is 3.07. The Labute approximate surface area is 187 Å². The van der Waals surface area contributed by atoms with Crippen LogP contribution in [0.2, 0.25) is 0 Å². The highest BCUT2D eigenvalue weighted by molar-refractivity contribution is 6.36. The predicted octanol–water partition coefficient (Wildman–Crippen LogP) is 2.23. The van der Waals surface area contributed by atoms with Crippen LogP contribution in [0.4, 0.5) is 5.69 Å². The van der Waals surface area contributed by atoms with Gasteiger partial charge in [0, 0.05) is 31.9 Å². The van der Waals surface area contributed by atoms with E-state index in [1.54, 1.807) is 50.6 Å². The molecule has 1 N–H and O–H groups in total. The number of amides is 2. The highest BCUT2D eigenvalue weighted by atomic mass is 16.5. The second-order valence-electron chi connectivity index (χ2n) is 7.55. The van der Waals surface area contributed by atoms with Crippen LogP contribution in [0.5, 0.6) is 11.5 Å². The van der Waals surface area contributed by atoms with Crippen molar-refractivity contribution in [2.75, 3.05) is 58.9 Å². The number of imide groups is 1. The first-order valence-electron chi connectivity index (χ1n) is 10.6. The minimum absolute atomic E-state index is 0.271. The Kier molecular flexibility index (Phi) is 6.72. The normalized spacial score (nSPS) is 17.1. The van der Waals surface area contributed by atoms with Crippen LogP contribution >= 0.6 is 0 Å². The summed E-state index contributed by atoms with van der Waals surface area (Å²) in [5, 5.41) is 3.16.